The van der Waals surface area contributed by atoms with Gasteiger partial charge < -0.3 is 15.2 Å². The Morgan fingerprint density at radius 2 is 1.96 bits per heavy atom. The number of hydrogen-bond acceptors (Lipinski definition) is 3. The number of rotatable bonds is 8. The molecule has 0 amide bonds. The first-order chi connectivity index (χ1) is 12.6. The van der Waals surface area contributed by atoms with Crippen molar-refractivity contribution < 1.29 is 4.52 Å². The second-order valence-corrected chi connectivity index (χ2v) is 7.58. The van der Waals surface area contributed by atoms with Crippen LogP contribution in [0.25, 0.3) is 0 Å². The molecule has 1 heterocycles. The lowest BCUT2D eigenvalue weighted by molar-refractivity contribution is 0.376. The minimum atomic E-state index is 0. The zero-order chi connectivity index (χ0) is 18.4. The Hall–Kier alpha value is -1.57. The molecular weight excluding hydrogens is 451 g/mol. The van der Waals surface area contributed by atoms with E-state index in [-0.39, 0.29) is 24.0 Å². The molecule has 0 saturated heterocycles. The van der Waals surface area contributed by atoms with Gasteiger partial charge in [0.15, 0.2) is 11.7 Å². The van der Waals surface area contributed by atoms with E-state index < -0.39 is 0 Å². The Labute approximate surface area is 179 Å². The van der Waals surface area contributed by atoms with Crippen LogP contribution in [-0.2, 0) is 13.0 Å². The van der Waals surface area contributed by atoms with Crippen molar-refractivity contribution >= 4 is 29.9 Å². The Morgan fingerprint density at radius 3 is 2.56 bits per heavy atom. The van der Waals surface area contributed by atoms with Gasteiger partial charge >= 0.3 is 0 Å². The molecule has 2 N–H and O–H groups in total. The molecule has 1 saturated carbocycles. The Morgan fingerprint density at radius 1 is 1.22 bits per heavy atom. The molecule has 1 aliphatic rings. The lowest BCUT2D eigenvalue weighted by Gasteiger charge is -2.18. The van der Waals surface area contributed by atoms with Gasteiger partial charge in [-0.2, -0.15) is 0 Å². The van der Waals surface area contributed by atoms with E-state index in [2.05, 4.69) is 71.9 Å². The normalized spacial score (nSPS) is 15.3. The van der Waals surface area contributed by atoms with E-state index in [0.29, 0.717) is 17.9 Å². The van der Waals surface area contributed by atoms with Crippen LogP contribution < -0.4 is 10.6 Å². The lowest BCUT2D eigenvalue weighted by atomic mass is 9.96. The SMILES string of the molecule is CCNC(=NCc1cc(C(C)C)no1)NCC1(Cc2ccccc2)CC1.I. The monoisotopic (exact) mass is 482 g/mol. The van der Waals surface area contributed by atoms with Crippen LogP contribution in [0.2, 0.25) is 0 Å². The molecule has 0 aliphatic heterocycles. The van der Waals surface area contributed by atoms with Gasteiger partial charge in [0.05, 0.1) is 5.69 Å². The van der Waals surface area contributed by atoms with Gasteiger partial charge in [-0.1, -0.05) is 49.3 Å². The fourth-order valence-electron chi connectivity index (χ4n) is 3.07. The van der Waals surface area contributed by atoms with Gasteiger partial charge in [-0.15, -0.1) is 24.0 Å². The summed E-state index contributed by atoms with van der Waals surface area (Å²) in [5, 5.41) is 10.9. The Bertz CT molecular complexity index is 723. The summed E-state index contributed by atoms with van der Waals surface area (Å²) < 4.78 is 5.38. The van der Waals surface area contributed by atoms with Gasteiger partial charge in [0.25, 0.3) is 0 Å². The molecule has 5 nitrogen and oxygen atoms in total. The number of hydrogen-bond donors (Lipinski definition) is 2. The number of nitrogens with zero attached hydrogens (tertiary/aromatic N) is 2. The quantitative estimate of drug-likeness (QED) is 0.331. The summed E-state index contributed by atoms with van der Waals surface area (Å²) in [6.45, 7) is 8.59. The van der Waals surface area contributed by atoms with Gasteiger partial charge in [0.2, 0.25) is 0 Å². The van der Waals surface area contributed by atoms with E-state index in [0.717, 1.165) is 36.9 Å². The maximum absolute atomic E-state index is 5.38. The Balaban J connectivity index is 0.00000261. The molecular formula is C21H31IN4O. The number of benzene rings is 1. The van der Waals surface area contributed by atoms with Crippen LogP contribution in [0.3, 0.4) is 0 Å². The average Bonchev–Trinajstić information content (AvgIpc) is 3.22. The van der Waals surface area contributed by atoms with Gasteiger partial charge in [0.1, 0.15) is 6.54 Å². The third-order valence-electron chi connectivity index (χ3n) is 4.92. The molecule has 0 atom stereocenters. The van der Waals surface area contributed by atoms with Crippen molar-refractivity contribution in [1.82, 2.24) is 15.8 Å². The summed E-state index contributed by atoms with van der Waals surface area (Å²) in [6, 6.07) is 12.7. The summed E-state index contributed by atoms with van der Waals surface area (Å²) in [7, 11) is 0. The van der Waals surface area contributed by atoms with Crippen molar-refractivity contribution in [3.63, 3.8) is 0 Å². The number of aliphatic imine (C=N–C) groups is 1. The van der Waals surface area contributed by atoms with E-state index >= 15 is 0 Å². The first-order valence-electron chi connectivity index (χ1n) is 9.62. The van der Waals surface area contributed by atoms with Crippen LogP contribution in [0.5, 0.6) is 0 Å². The molecule has 1 fully saturated rings. The van der Waals surface area contributed by atoms with Crippen LogP contribution in [0.1, 0.15) is 56.5 Å². The molecule has 27 heavy (non-hydrogen) atoms. The summed E-state index contributed by atoms with van der Waals surface area (Å²) in [6.07, 6.45) is 3.67. The van der Waals surface area contributed by atoms with E-state index in [1.807, 2.05) is 6.07 Å². The van der Waals surface area contributed by atoms with Crippen LogP contribution in [-0.4, -0.2) is 24.2 Å². The molecule has 0 unspecified atom stereocenters. The fraction of sp³-hybridized carbons (Fsp3) is 0.524. The molecule has 0 radical (unpaired) electrons. The number of aromatic nitrogens is 1. The molecule has 0 bridgehead atoms. The van der Waals surface area contributed by atoms with Gasteiger partial charge in [0, 0.05) is 19.2 Å². The van der Waals surface area contributed by atoms with Crippen molar-refractivity contribution in [1.29, 1.82) is 0 Å². The third-order valence-corrected chi connectivity index (χ3v) is 4.92. The highest BCUT2D eigenvalue weighted by Crippen LogP contribution is 2.47. The maximum atomic E-state index is 5.38. The van der Waals surface area contributed by atoms with Crippen LogP contribution in [0, 0.1) is 5.41 Å². The lowest BCUT2D eigenvalue weighted by Crippen LogP contribution is -2.40. The van der Waals surface area contributed by atoms with E-state index in [1.165, 1.54) is 18.4 Å². The zero-order valence-corrected chi connectivity index (χ0v) is 18.8. The molecule has 1 aromatic carbocycles. The molecule has 6 heteroatoms. The zero-order valence-electron chi connectivity index (χ0n) is 16.5. The standard InChI is InChI=1S/C21H30N4O.HI/c1-4-22-20(23-14-18-12-19(16(2)3)25-26-18)24-15-21(10-11-21)13-17-8-6-5-7-9-17;/h5-9,12,16H,4,10-11,13-15H2,1-3H3,(H2,22,23,24);1H. The van der Waals surface area contributed by atoms with Crippen molar-refractivity contribution in [2.24, 2.45) is 10.4 Å². The average molecular weight is 482 g/mol. The second kappa shape index (κ2) is 10.1. The molecule has 148 valence electrons. The summed E-state index contributed by atoms with van der Waals surface area (Å²) >= 11 is 0. The van der Waals surface area contributed by atoms with Crippen LogP contribution in [0.4, 0.5) is 0 Å². The first-order valence-corrected chi connectivity index (χ1v) is 9.62. The highest BCUT2D eigenvalue weighted by Gasteiger charge is 2.42. The number of halogens is 1. The maximum Gasteiger partial charge on any atom is 0.191 e. The Kier molecular flexibility index (Phi) is 8.13. The minimum absolute atomic E-state index is 0. The third kappa shape index (κ3) is 6.52. The predicted octanol–water partition coefficient (Wildman–Crippen LogP) is 4.49. The predicted molar refractivity (Wildman–Crippen MR) is 121 cm³/mol. The molecule has 1 aliphatic carbocycles. The van der Waals surface area contributed by atoms with Gasteiger partial charge in [-0.3, -0.25) is 0 Å². The minimum Gasteiger partial charge on any atom is -0.359 e. The molecule has 0 spiro atoms. The fourth-order valence-corrected chi connectivity index (χ4v) is 3.07. The van der Waals surface area contributed by atoms with Crippen LogP contribution >= 0.6 is 24.0 Å². The first kappa shape index (κ1) is 21.7. The summed E-state index contributed by atoms with van der Waals surface area (Å²) in [5.41, 5.74) is 2.76. The highest BCUT2D eigenvalue weighted by molar-refractivity contribution is 14.0. The van der Waals surface area contributed by atoms with Crippen molar-refractivity contribution in [3.8, 4) is 0 Å². The second-order valence-electron chi connectivity index (χ2n) is 7.58. The molecule has 1 aromatic heterocycles. The van der Waals surface area contributed by atoms with Crippen molar-refractivity contribution in [2.45, 2.75) is 52.5 Å². The van der Waals surface area contributed by atoms with Gasteiger partial charge in [-0.25, -0.2) is 4.99 Å². The largest absolute Gasteiger partial charge is 0.359 e. The smallest absolute Gasteiger partial charge is 0.191 e. The number of guanidine groups is 1. The molecule has 3 rings (SSSR count). The van der Waals surface area contributed by atoms with E-state index in [1.54, 1.807) is 0 Å². The highest BCUT2D eigenvalue weighted by atomic mass is 127. The van der Waals surface area contributed by atoms with Crippen molar-refractivity contribution in [3.05, 3.63) is 53.4 Å². The van der Waals surface area contributed by atoms with E-state index in [4.69, 9.17) is 4.52 Å². The van der Waals surface area contributed by atoms with Gasteiger partial charge in [-0.05, 0) is 43.1 Å². The van der Waals surface area contributed by atoms with E-state index in [9.17, 15) is 0 Å². The van der Waals surface area contributed by atoms with Crippen molar-refractivity contribution in [2.75, 3.05) is 13.1 Å². The van der Waals surface area contributed by atoms with Crippen LogP contribution in [0.15, 0.2) is 45.9 Å². The summed E-state index contributed by atoms with van der Waals surface area (Å²) in [5.74, 6) is 2.02. The number of nitrogens with one attached hydrogen (secondary N) is 2. The topological polar surface area (TPSA) is 62.5 Å². The molecule has 2 aromatic rings. The summed E-state index contributed by atoms with van der Waals surface area (Å²) in [4.78, 5) is 4.65.